The Morgan fingerprint density at radius 1 is 1.54 bits per heavy atom. The second kappa shape index (κ2) is 7.69. The number of hydrogen-bond donors (Lipinski definition) is 4. The summed E-state index contributed by atoms with van der Waals surface area (Å²) in [6.07, 6.45) is 3.17. The van der Waals surface area contributed by atoms with Crippen LogP contribution in [0.1, 0.15) is 44.1 Å². The lowest BCUT2D eigenvalue weighted by Crippen LogP contribution is -2.09. The first-order valence-corrected chi connectivity index (χ1v) is 9.41. The van der Waals surface area contributed by atoms with E-state index < -0.39 is 6.10 Å². The topological polar surface area (TPSA) is 113 Å². The van der Waals surface area contributed by atoms with Gasteiger partial charge in [0.25, 0.3) is 0 Å². The molecule has 0 spiro atoms. The standard InChI is InChI=1S/C17H21ClN6OS/c1-8(19)15(9(2)25)26-10(3)16-20-7-12(18)17(22-16)21-14-6-13(23-24-14)11-4-5-11/h6-7,9,11,25H,3-5,19H2,1-2H3,(H2,20,21,22,23,24)/b15-8-. The average molecular weight is 393 g/mol. The number of H-pyrrole nitrogens is 1. The van der Waals surface area contributed by atoms with Crippen molar-refractivity contribution in [3.8, 4) is 0 Å². The van der Waals surface area contributed by atoms with Crippen molar-refractivity contribution in [3.05, 3.63) is 46.0 Å². The molecule has 2 aromatic heterocycles. The van der Waals surface area contributed by atoms with Crippen LogP contribution in [0.3, 0.4) is 0 Å². The molecule has 0 radical (unpaired) electrons. The number of halogens is 1. The third-order valence-electron chi connectivity index (χ3n) is 3.84. The first-order valence-electron chi connectivity index (χ1n) is 8.21. The molecule has 7 nitrogen and oxygen atoms in total. The highest BCUT2D eigenvalue weighted by molar-refractivity contribution is 8.11. The molecule has 3 rings (SSSR count). The Morgan fingerprint density at radius 3 is 2.88 bits per heavy atom. The minimum atomic E-state index is -0.697. The first-order chi connectivity index (χ1) is 12.3. The number of aromatic nitrogens is 4. The van der Waals surface area contributed by atoms with E-state index in [0.29, 0.717) is 38.1 Å². The molecule has 2 aromatic rings. The third-order valence-corrected chi connectivity index (χ3v) is 5.43. The number of allylic oxidation sites excluding steroid dienone is 1. The minimum Gasteiger partial charge on any atom is -0.402 e. The van der Waals surface area contributed by atoms with Gasteiger partial charge in [0.15, 0.2) is 11.6 Å². The molecule has 5 N–H and O–H groups in total. The number of aliphatic hydroxyl groups is 1. The Bertz CT molecular complexity index is 855. The van der Waals surface area contributed by atoms with Crippen molar-refractivity contribution in [2.75, 3.05) is 5.32 Å². The van der Waals surface area contributed by atoms with E-state index in [4.69, 9.17) is 17.3 Å². The van der Waals surface area contributed by atoms with E-state index in [0.717, 1.165) is 11.5 Å². The van der Waals surface area contributed by atoms with Crippen LogP contribution in [-0.2, 0) is 0 Å². The van der Waals surface area contributed by atoms with Gasteiger partial charge in [-0.2, -0.15) is 5.10 Å². The largest absolute Gasteiger partial charge is 0.402 e. The zero-order chi connectivity index (χ0) is 18.8. The number of nitrogens with two attached hydrogens (primary N) is 1. The molecule has 26 heavy (non-hydrogen) atoms. The van der Waals surface area contributed by atoms with Gasteiger partial charge in [0.05, 0.1) is 18.0 Å². The molecule has 1 saturated carbocycles. The van der Waals surface area contributed by atoms with E-state index in [1.807, 2.05) is 6.07 Å². The van der Waals surface area contributed by atoms with Gasteiger partial charge in [-0.3, -0.25) is 5.10 Å². The highest BCUT2D eigenvalue weighted by Crippen LogP contribution is 2.40. The fourth-order valence-corrected chi connectivity index (χ4v) is 3.30. The molecule has 0 aromatic carbocycles. The van der Waals surface area contributed by atoms with Gasteiger partial charge >= 0.3 is 0 Å². The lowest BCUT2D eigenvalue weighted by atomic mass is 10.3. The monoisotopic (exact) mass is 392 g/mol. The summed E-state index contributed by atoms with van der Waals surface area (Å²) in [6, 6.07) is 1.96. The third kappa shape index (κ3) is 4.38. The number of anilines is 2. The van der Waals surface area contributed by atoms with E-state index in [-0.39, 0.29) is 0 Å². The van der Waals surface area contributed by atoms with Gasteiger partial charge in [-0.1, -0.05) is 29.9 Å². The zero-order valence-corrected chi connectivity index (χ0v) is 16.2. The van der Waals surface area contributed by atoms with Crippen molar-refractivity contribution in [3.63, 3.8) is 0 Å². The number of aliphatic hydroxyl groups excluding tert-OH is 1. The van der Waals surface area contributed by atoms with E-state index in [2.05, 4.69) is 32.1 Å². The molecule has 0 amide bonds. The molecule has 0 aliphatic heterocycles. The summed E-state index contributed by atoms with van der Waals surface area (Å²) in [6.45, 7) is 7.37. The molecule has 1 fully saturated rings. The van der Waals surface area contributed by atoms with Crippen LogP contribution in [-0.4, -0.2) is 31.4 Å². The number of nitrogens with zero attached hydrogens (tertiary/aromatic N) is 3. The van der Waals surface area contributed by atoms with Crippen LogP contribution < -0.4 is 11.1 Å². The van der Waals surface area contributed by atoms with Gasteiger partial charge in [0, 0.05) is 27.5 Å². The normalized spacial score (nSPS) is 16.2. The Labute approximate surface area is 161 Å². The van der Waals surface area contributed by atoms with E-state index in [1.54, 1.807) is 13.8 Å². The molecule has 138 valence electrons. The van der Waals surface area contributed by atoms with Crippen molar-refractivity contribution >= 4 is 39.9 Å². The Balaban J connectivity index is 1.78. The molecule has 9 heteroatoms. The summed E-state index contributed by atoms with van der Waals surface area (Å²) < 4.78 is 0. The molecule has 0 bridgehead atoms. The van der Waals surface area contributed by atoms with Crippen molar-refractivity contribution in [1.82, 2.24) is 20.2 Å². The molecular formula is C17H21ClN6OS. The van der Waals surface area contributed by atoms with Crippen molar-refractivity contribution in [2.45, 2.75) is 38.7 Å². The Hall–Kier alpha value is -2.03. The second-order valence-electron chi connectivity index (χ2n) is 6.24. The van der Waals surface area contributed by atoms with Crippen molar-refractivity contribution < 1.29 is 5.11 Å². The number of aromatic amines is 1. The van der Waals surface area contributed by atoms with Crippen LogP contribution in [0.25, 0.3) is 4.91 Å². The maximum Gasteiger partial charge on any atom is 0.167 e. The lowest BCUT2D eigenvalue weighted by molar-refractivity contribution is 0.239. The second-order valence-corrected chi connectivity index (χ2v) is 7.79. The Kier molecular flexibility index (Phi) is 5.55. The summed E-state index contributed by atoms with van der Waals surface area (Å²) in [5.41, 5.74) is 7.40. The summed E-state index contributed by atoms with van der Waals surface area (Å²) in [7, 11) is 0. The minimum absolute atomic E-state index is 0.385. The first kappa shape index (κ1) is 18.8. The SMILES string of the molecule is C=C(S/C(=C(/C)N)C(C)O)c1ncc(Cl)c(Nc2cc(C3CC3)n[nH]2)n1. The number of thioether (sulfide) groups is 1. The van der Waals surface area contributed by atoms with Crippen LogP contribution in [0.2, 0.25) is 5.02 Å². The Morgan fingerprint density at radius 2 is 2.27 bits per heavy atom. The van der Waals surface area contributed by atoms with Crippen LogP contribution in [0.4, 0.5) is 11.6 Å². The molecule has 1 aliphatic carbocycles. The highest BCUT2D eigenvalue weighted by atomic mass is 35.5. The van der Waals surface area contributed by atoms with Gasteiger partial charge in [-0.25, -0.2) is 9.97 Å². The van der Waals surface area contributed by atoms with E-state index in [1.165, 1.54) is 30.8 Å². The van der Waals surface area contributed by atoms with Gasteiger partial charge < -0.3 is 16.2 Å². The van der Waals surface area contributed by atoms with E-state index >= 15 is 0 Å². The van der Waals surface area contributed by atoms with Gasteiger partial charge in [0.2, 0.25) is 0 Å². The average Bonchev–Trinajstić information content (AvgIpc) is 3.33. The van der Waals surface area contributed by atoms with E-state index in [9.17, 15) is 5.11 Å². The van der Waals surface area contributed by atoms with Gasteiger partial charge in [-0.05, 0) is 26.7 Å². The van der Waals surface area contributed by atoms with Crippen LogP contribution >= 0.6 is 23.4 Å². The molecule has 1 atom stereocenters. The number of hydrogen-bond acceptors (Lipinski definition) is 7. The smallest absolute Gasteiger partial charge is 0.167 e. The summed E-state index contributed by atoms with van der Waals surface area (Å²) in [5.74, 6) is 2.14. The maximum absolute atomic E-state index is 9.84. The van der Waals surface area contributed by atoms with Crippen molar-refractivity contribution in [1.29, 1.82) is 0 Å². The fourth-order valence-electron chi connectivity index (χ4n) is 2.38. The van der Waals surface area contributed by atoms with Crippen molar-refractivity contribution in [2.24, 2.45) is 5.73 Å². The summed E-state index contributed by atoms with van der Waals surface area (Å²) >= 11 is 7.46. The predicted molar refractivity (Wildman–Crippen MR) is 106 cm³/mol. The molecule has 1 unspecified atom stereocenters. The summed E-state index contributed by atoms with van der Waals surface area (Å²) in [5, 5.41) is 20.6. The molecule has 2 heterocycles. The van der Waals surface area contributed by atoms with Crippen LogP contribution in [0, 0.1) is 0 Å². The molecule has 1 aliphatic rings. The van der Waals surface area contributed by atoms with Gasteiger partial charge in [-0.15, -0.1) is 0 Å². The quantitative estimate of drug-likeness (QED) is 0.567. The molecule has 0 saturated heterocycles. The van der Waals surface area contributed by atoms with Gasteiger partial charge in [0.1, 0.15) is 10.8 Å². The number of nitrogens with one attached hydrogen (secondary N) is 2. The highest BCUT2D eigenvalue weighted by Gasteiger charge is 2.26. The van der Waals surface area contributed by atoms with Crippen LogP contribution in [0.15, 0.2) is 29.4 Å². The fraction of sp³-hybridized carbons (Fsp3) is 0.353. The van der Waals surface area contributed by atoms with Crippen LogP contribution in [0.5, 0.6) is 0 Å². The maximum atomic E-state index is 9.84. The predicted octanol–water partition coefficient (Wildman–Crippen LogP) is 3.75. The zero-order valence-electron chi connectivity index (χ0n) is 14.6. The summed E-state index contributed by atoms with van der Waals surface area (Å²) in [4.78, 5) is 9.84. The lowest BCUT2D eigenvalue weighted by Gasteiger charge is -2.14. The number of rotatable bonds is 7. The molecular weight excluding hydrogens is 372 g/mol.